The van der Waals surface area contributed by atoms with Gasteiger partial charge in [-0.3, -0.25) is 0 Å². The number of hydrogen-bond donors (Lipinski definition) is 2. The van der Waals surface area contributed by atoms with Crippen LogP contribution in [-0.4, -0.2) is 31.8 Å². The van der Waals surface area contributed by atoms with E-state index in [4.69, 9.17) is 0 Å². The fourth-order valence-electron chi connectivity index (χ4n) is 4.92. The van der Waals surface area contributed by atoms with Crippen LogP contribution in [0.2, 0.25) is 0 Å². The van der Waals surface area contributed by atoms with Crippen molar-refractivity contribution in [1.29, 1.82) is 0 Å². The molecule has 6 heteroatoms. The first-order valence-corrected chi connectivity index (χ1v) is 14.6. The molecule has 0 saturated carbocycles. The van der Waals surface area contributed by atoms with Crippen LogP contribution in [0.25, 0.3) is 5.57 Å². The summed E-state index contributed by atoms with van der Waals surface area (Å²) in [6.45, 7) is 14.4. The van der Waals surface area contributed by atoms with Gasteiger partial charge in [0.2, 0.25) is 5.71 Å². The van der Waals surface area contributed by atoms with Crippen molar-refractivity contribution in [2.45, 2.75) is 72.1 Å². The Kier molecular flexibility index (Phi) is 9.68. The average Bonchev–Trinajstić information content (AvgIpc) is 2.82. The van der Waals surface area contributed by atoms with Crippen molar-refractivity contribution in [3.05, 3.63) is 87.5 Å². The second-order valence-electron chi connectivity index (χ2n) is 9.86. The fraction of sp³-hybridized carbons (Fsp3) is 0.387. The number of unbranched alkanes of at least 4 members (excludes halogenated alkanes) is 2. The maximum Gasteiger partial charge on any atom is 0.204 e. The molecular weight excluding hydrogens is 480 g/mol. The van der Waals surface area contributed by atoms with Gasteiger partial charge in [0, 0.05) is 35.4 Å². The molecule has 0 fully saturated rings. The molecule has 0 atom stereocenters. The summed E-state index contributed by atoms with van der Waals surface area (Å²) in [5.41, 5.74) is 9.47. The first-order valence-electron chi connectivity index (χ1n) is 13.2. The molecule has 1 aliphatic carbocycles. The van der Waals surface area contributed by atoms with Crippen LogP contribution in [0.3, 0.4) is 0 Å². The van der Waals surface area contributed by atoms with Crippen molar-refractivity contribution in [3.63, 3.8) is 0 Å². The smallest absolute Gasteiger partial charge is 0.204 e. The van der Waals surface area contributed by atoms with Gasteiger partial charge in [-0.15, -0.1) is 0 Å². The quantitative estimate of drug-likeness (QED) is 0.322. The summed E-state index contributed by atoms with van der Waals surface area (Å²) in [5, 5.41) is 3.55. The molecule has 0 heterocycles. The number of rotatable bonds is 10. The monoisotopic (exact) mass is 520 g/mol. The predicted octanol–water partition coefficient (Wildman–Crippen LogP) is 5.45. The van der Waals surface area contributed by atoms with E-state index >= 15 is 0 Å². The van der Waals surface area contributed by atoms with Gasteiger partial charge >= 0.3 is 0 Å². The minimum atomic E-state index is -4.68. The third-order valence-corrected chi connectivity index (χ3v) is 7.63. The van der Waals surface area contributed by atoms with E-state index in [9.17, 15) is 13.0 Å². The van der Waals surface area contributed by atoms with Gasteiger partial charge in [0.25, 0.3) is 0 Å². The molecule has 0 radical (unpaired) electrons. The molecule has 0 aromatic heterocycles. The van der Waals surface area contributed by atoms with Crippen molar-refractivity contribution >= 4 is 27.1 Å². The van der Waals surface area contributed by atoms with Gasteiger partial charge in [-0.2, -0.15) is 0 Å². The molecule has 198 valence electrons. The zero-order chi connectivity index (χ0) is 27.2. The molecule has 2 aromatic rings. The molecular formula is C31H40N2O3S. The maximum absolute atomic E-state index is 12.3. The zero-order valence-electron chi connectivity index (χ0n) is 23.0. The second kappa shape index (κ2) is 12.5. The minimum absolute atomic E-state index is 0.203. The highest BCUT2D eigenvalue weighted by Gasteiger charge is 2.23. The predicted molar refractivity (Wildman–Crippen MR) is 153 cm³/mol. The van der Waals surface area contributed by atoms with Gasteiger partial charge in [0.15, 0.2) is 0 Å². The summed E-state index contributed by atoms with van der Waals surface area (Å²) in [6, 6.07) is 10.7. The average molecular weight is 521 g/mol. The van der Waals surface area contributed by atoms with Gasteiger partial charge in [-0.1, -0.05) is 44.9 Å². The SMILES string of the molecule is CCCCNc1c(C)cc(C(=C2C=C(C)C(=[NH+]CCCC)C(C)=C2)c2ccccc2S(=O)(=O)[O-])cc1C. The molecule has 5 nitrogen and oxygen atoms in total. The molecule has 1 aliphatic rings. The summed E-state index contributed by atoms with van der Waals surface area (Å²) in [4.78, 5) is 3.35. The Balaban J connectivity index is 2.28. The lowest BCUT2D eigenvalue weighted by Gasteiger charge is -2.22. The van der Waals surface area contributed by atoms with Crippen molar-refractivity contribution in [2.75, 3.05) is 18.4 Å². The van der Waals surface area contributed by atoms with Crippen LogP contribution in [0.4, 0.5) is 5.69 Å². The van der Waals surface area contributed by atoms with Crippen LogP contribution < -0.4 is 10.3 Å². The zero-order valence-corrected chi connectivity index (χ0v) is 23.8. The minimum Gasteiger partial charge on any atom is -0.744 e. The Bertz CT molecular complexity index is 1330. The van der Waals surface area contributed by atoms with E-state index < -0.39 is 10.1 Å². The van der Waals surface area contributed by atoms with Crippen LogP contribution in [0.1, 0.15) is 75.6 Å². The Morgan fingerprint density at radius 2 is 1.51 bits per heavy atom. The van der Waals surface area contributed by atoms with Crippen LogP contribution in [-0.2, 0) is 10.1 Å². The number of anilines is 1. The molecule has 0 saturated heterocycles. The Morgan fingerprint density at radius 1 is 0.919 bits per heavy atom. The Hall–Kier alpha value is -2.96. The number of hydrogen-bond acceptors (Lipinski definition) is 4. The standard InChI is InChI=1S/C31H40N2O3S/c1-7-9-15-32-30-21(3)17-25(18-22(30)4)29(27-13-11-12-14-28(27)37(34,35)36)26-19-23(5)31(24(6)20-26)33-16-10-8-2/h11-14,17-20,32H,7-10,15-16H2,1-6H3,(H,34,35,36). The fourth-order valence-corrected chi connectivity index (χ4v) is 5.61. The summed E-state index contributed by atoms with van der Waals surface area (Å²) in [5.74, 6) is 0. The van der Waals surface area contributed by atoms with Crippen molar-refractivity contribution in [3.8, 4) is 0 Å². The molecule has 0 bridgehead atoms. The highest BCUT2D eigenvalue weighted by atomic mass is 32.2. The number of nitrogens with one attached hydrogen (secondary N) is 2. The molecule has 0 unspecified atom stereocenters. The van der Waals surface area contributed by atoms with Crippen LogP contribution in [0, 0.1) is 13.8 Å². The van der Waals surface area contributed by atoms with E-state index in [1.807, 2.05) is 0 Å². The van der Waals surface area contributed by atoms with E-state index in [2.05, 4.69) is 76.1 Å². The molecule has 2 N–H and O–H groups in total. The van der Waals surface area contributed by atoms with Gasteiger partial charge in [-0.25, -0.2) is 13.4 Å². The van der Waals surface area contributed by atoms with Gasteiger partial charge in [-0.05, 0) is 92.3 Å². The topological polar surface area (TPSA) is 83.2 Å². The second-order valence-corrected chi connectivity index (χ2v) is 11.2. The molecule has 0 amide bonds. The Labute approximate surface area is 222 Å². The summed E-state index contributed by atoms with van der Waals surface area (Å²) < 4.78 is 36.9. The van der Waals surface area contributed by atoms with E-state index in [0.717, 1.165) is 89.2 Å². The van der Waals surface area contributed by atoms with Crippen molar-refractivity contribution in [1.82, 2.24) is 0 Å². The van der Waals surface area contributed by atoms with E-state index in [1.54, 1.807) is 18.2 Å². The lowest BCUT2D eigenvalue weighted by Crippen LogP contribution is -2.73. The van der Waals surface area contributed by atoms with E-state index in [0.29, 0.717) is 5.56 Å². The third-order valence-electron chi connectivity index (χ3n) is 6.73. The Morgan fingerprint density at radius 3 is 2.08 bits per heavy atom. The summed E-state index contributed by atoms with van der Waals surface area (Å²) >= 11 is 0. The highest BCUT2D eigenvalue weighted by Crippen LogP contribution is 2.37. The van der Waals surface area contributed by atoms with Gasteiger partial charge in [0.05, 0.1) is 4.90 Å². The summed E-state index contributed by atoms with van der Waals surface area (Å²) in [7, 11) is -4.68. The lowest BCUT2D eigenvalue weighted by atomic mass is 9.85. The molecule has 0 aliphatic heterocycles. The molecule has 2 aromatic carbocycles. The lowest BCUT2D eigenvalue weighted by molar-refractivity contribution is -0.456. The summed E-state index contributed by atoms with van der Waals surface area (Å²) in [6.07, 6.45) is 8.58. The first kappa shape index (κ1) is 28.6. The van der Waals surface area contributed by atoms with Gasteiger partial charge in [0.1, 0.15) is 16.7 Å². The van der Waals surface area contributed by atoms with Crippen LogP contribution in [0.15, 0.2) is 70.2 Å². The van der Waals surface area contributed by atoms with E-state index in [-0.39, 0.29) is 4.90 Å². The molecule has 0 spiro atoms. The van der Waals surface area contributed by atoms with Crippen LogP contribution in [0.5, 0.6) is 0 Å². The number of aryl methyl sites for hydroxylation is 2. The normalized spacial score (nSPS) is 13.8. The highest BCUT2D eigenvalue weighted by molar-refractivity contribution is 7.85. The van der Waals surface area contributed by atoms with E-state index in [1.165, 1.54) is 6.07 Å². The third kappa shape index (κ3) is 6.88. The van der Waals surface area contributed by atoms with Gasteiger partial charge < -0.3 is 9.87 Å². The number of allylic oxidation sites excluding steroid dienone is 5. The maximum atomic E-state index is 12.3. The molecule has 37 heavy (non-hydrogen) atoms. The first-order chi connectivity index (χ1) is 17.6. The number of benzene rings is 2. The molecule has 3 rings (SSSR count). The largest absolute Gasteiger partial charge is 0.744 e. The van der Waals surface area contributed by atoms with Crippen LogP contribution >= 0.6 is 0 Å². The van der Waals surface area contributed by atoms with Crippen molar-refractivity contribution < 1.29 is 18.0 Å². The van der Waals surface area contributed by atoms with Crippen molar-refractivity contribution in [2.24, 2.45) is 0 Å².